The maximum atomic E-state index is 13.3. The summed E-state index contributed by atoms with van der Waals surface area (Å²) >= 11 is 12.3. The van der Waals surface area contributed by atoms with E-state index in [9.17, 15) is 9.59 Å². The van der Waals surface area contributed by atoms with E-state index < -0.39 is 6.04 Å². The summed E-state index contributed by atoms with van der Waals surface area (Å²) in [6.45, 7) is 5.97. The first-order valence-electron chi connectivity index (χ1n) is 11.5. The molecule has 1 aliphatic carbocycles. The third-order valence-corrected chi connectivity index (χ3v) is 6.72. The molecule has 5 nitrogen and oxygen atoms in total. The van der Waals surface area contributed by atoms with Gasteiger partial charge in [0.25, 0.3) is 5.91 Å². The van der Waals surface area contributed by atoms with E-state index in [4.69, 9.17) is 27.9 Å². The van der Waals surface area contributed by atoms with E-state index in [0.29, 0.717) is 22.2 Å². The largest absolute Gasteiger partial charge is 0.484 e. The molecule has 1 atom stereocenters. The van der Waals surface area contributed by atoms with Crippen molar-refractivity contribution in [3.63, 3.8) is 0 Å². The van der Waals surface area contributed by atoms with Crippen LogP contribution in [0.3, 0.4) is 0 Å². The number of nitrogens with zero attached hydrogens (tertiary/aromatic N) is 1. The Bertz CT molecular complexity index is 969. The molecule has 0 bridgehead atoms. The molecule has 1 unspecified atom stereocenters. The van der Waals surface area contributed by atoms with E-state index in [1.165, 1.54) is 0 Å². The monoisotopic (exact) mass is 490 g/mol. The fourth-order valence-electron chi connectivity index (χ4n) is 4.37. The molecular weight excluding hydrogens is 459 g/mol. The van der Waals surface area contributed by atoms with Crippen LogP contribution in [0.1, 0.15) is 55.7 Å². The quantitative estimate of drug-likeness (QED) is 0.479. The van der Waals surface area contributed by atoms with E-state index in [0.717, 1.165) is 42.4 Å². The molecule has 178 valence electrons. The Morgan fingerprint density at radius 3 is 2.33 bits per heavy atom. The maximum Gasteiger partial charge on any atom is 0.261 e. The van der Waals surface area contributed by atoms with Gasteiger partial charge in [0.2, 0.25) is 5.91 Å². The van der Waals surface area contributed by atoms with Crippen LogP contribution in [-0.2, 0) is 16.1 Å². The predicted molar refractivity (Wildman–Crippen MR) is 133 cm³/mol. The second-order valence-electron chi connectivity index (χ2n) is 8.80. The summed E-state index contributed by atoms with van der Waals surface area (Å²) in [6.07, 6.45) is 4.71. The number of carbonyl (C=O) groups is 2. The van der Waals surface area contributed by atoms with Crippen molar-refractivity contribution in [2.24, 2.45) is 0 Å². The van der Waals surface area contributed by atoms with E-state index >= 15 is 0 Å². The summed E-state index contributed by atoms with van der Waals surface area (Å²) in [5.74, 6) is 0.261. The number of hydrogen-bond acceptors (Lipinski definition) is 3. The van der Waals surface area contributed by atoms with E-state index in [-0.39, 0.29) is 31.0 Å². The molecule has 1 N–H and O–H groups in total. The fourth-order valence-corrected chi connectivity index (χ4v) is 4.69. The van der Waals surface area contributed by atoms with E-state index in [1.807, 2.05) is 45.0 Å². The number of amides is 2. The first-order valence-corrected chi connectivity index (χ1v) is 12.3. The lowest BCUT2D eigenvalue weighted by atomic mass is 10.1. The minimum atomic E-state index is -0.601. The molecule has 0 aromatic heterocycles. The van der Waals surface area contributed by atoms with Crippen LogP contribution in [0, 0.1) is 13.8 Å². The normalized spacial score (nSPS) is 14.7. The van der Waals surface area contributed by atoms with Crippen molar-refractivity contribution in [3.05, 3.63) is 63.1 Å². The Labute approximate surface area is 206 Å². The summed E-state index contributed by atoms with van der Waals surface area (Å²) in [6, 6.07) is 10.7. The van der Waals surface area contributed by atoms with Crippen molar-refractivity contribution in [2.75, 3.05) is 6.61 Å². The zero-order chi connectivity index (χ0) is 24.0. The maximum absolute atomic E-state index is 13.3. The fraction of sp³-hybridized carbons (Fsp3) is 0.462. The lowest BCUT2D eigenvalue weighted by Gasteiger charge is -2.31. The number of aryl methyl sites for hydroxylation is 2. The minimum Gasteiger partial charge on any atom is -0.484 e. The Morgan fingerprint density at radius 1 is 1.06 bits per heavy atom. The standard InChI is InChI=1S/C26H32Cl2N2O3/c1-4-24(26(32)29-20-7-5-6-8-20)30(15-19-9-10-22(27)23(28)14-19)25(31)16-33-21-12-17(2)11-18(3)13-21/h9-14,20,24H,4-8,15-16H2,1-3H3,(H,29,32). The summed E-state index contributed by atoms with van der Waals surface area (Å²) < 4.78 is 5.83. The van der Waals surface area contributed by atoms with Gasteiger partial charge in [-0.15, -0.1) is 0 Å². The van der Waals surface area contributed by atoms with Crippen LogP contribution in [0.4, 0.5) is 0 Å². The van der Waals surface area contributed by atoms with Gasteiger partial charge in [0.1, 0.15) is 11.8 Å². The Balaban J connectivity index is 1.79. The second kappa shape index (κ2) is 11.8. The second-order valence-corrected chi connectivity index (χ2v) is 9.61. The summed E-state index contributed by atoms with van der Waals surface area (Å²) in [5, 5.41) is 4.00. The SMILES string of the molecule is CCC(C(=O)NC1CCCC1)N(Cc1ccc(Cl)c(Cl)c1)C(=O)COc1cc(C)cc(C)c1. The Morgan fingerprint density at radius 2 is 1.73 bits per heavy atom. The van der Waals surface area contributed by atoms with Gasteiger partial charge in [0.15, 0.2) is 6.61 Å². The number of carbonyl (C=O) groups excluding carboxylic acids is 2. The lowest BCUT2D eigenvalue weighted by molar-refractivity contribution is -0.143. The van der Waals surface area contributed by atoms with Crippen molar-refractivity contribution in [3.8, 4) is 5.75 Å². The molecule has 2 aromatic rings. The van der Waals surface area contributed by atoms with Crippen LogP contribution in [0.2, 0.25) is 10.0 Å². The van der Waals surface area contributed by atoms with Gasteiger partial charge < -0.3 is 15.0 Å². The highest BCUT2D eigenvalue weighted by molar-refractivity contribution is 6.42. The molecule has 2 amide bonds. The first-order chi connectivity index (χ1) is 15.8. The first kappa shape index (κ1) is 25.4. The molecule has 0 spiro atoms. The van der Waals surface area contributed by atoms with Gasteiger partial charge in [-0.1, -0.05) is 55.1 Å². The molecule has 1 fully saturated rings. The third-order valence-electron chi connectivity index (χ3n) is 5.98. The molecule has 33 heavy (non-hydrogen) atoms. The molecule has 7 heteroatoms. The van der Waals surface area contributed by atoms with E-state index in [2.05, 4.69) is 5.32 Å². The van der Waals surface area contributed by atoms with Crippen molar-refractivity contribution < 1.29 is 14.3 Å². The highest BCUT2D eigenvalue weighted by Gasteiger charge is 2.31. The number of hydrogen-bond donors (Lipinski definition) is 1. The molecule has 1 saturated carbocycles. The molecule has 0 aliphatic heterocycles. The predicted octanol–water partition coefficient (Wildman–Crippen LogP) is 5.86. The average molecular weight is 491 g/mol. The minimum absolute atomic E-state index is 0.121. The van der Waals surface area contributed by atoms with Gasteiger partial charge in [-0.3, -0.25) is 9.59 Å². The molecule has 0 radical (unpaired) electrons. The number of benzene rings is 2. The van der Waals surface area contributed by atoms with Gasteiger partial charge in [0, 0.05) is 12.6 Å². The summed E-state index contributed by atoms with van der Waals surface area (Å²) in [7, 11) is 0. The van der Waals surface area contributed by atoms with Crippen LogP contribution in [0.15, 0.2) is 36.4 Å². The highest BCUT2D eigenvalue weighted by Crippen LogP contribution is 2.25. The number of nitrogens with one attached hydrogen (secondary N) is 1. The Kier molecular flexibility index (Phi) is 9.04. The highest BCUT2D eigenvalue weighted by atomic mass is 35.5. The average Bonchev–Trinajstić information content (AvgIpc) is 3.26. The van der Waals surface area contributed by atoms with Gasteiger partial charge in [-0.2, -0.15) is 0 Å². The van der Waals surface area contributed by atoms with Crippen LogP contribution in [0.5, 0.6) is 5.75 Å². The smallest absolute Gasteiger partial charge is 0.261 e. The molecule has 0 saturated heterocycles. The van der Waals surface area contributed by atoms with Gasteiger partial charge in [0.05, 0.1) is 10.0 Å². The lowest BCUT2D eigenvalue weighted by Crippen LogP contribution is -2.52. The summed E-state index contributed by atoms with van der Waals surface area (Å²) in [5.41, 5.74) is 2.93. The number of rotatable bonds is 9. The van der Waals surface area contributed by atoms with Gasteiger partial charge >= 0.3 is 0 Å². The zero-order valence-electron chi connectivity index (χ0n) is 19.5. The van der Waals surface area contributed by atoms with Crippen LogP contribution in [0.25, 0.3) is 0 Å². The van der Waals surface area contributed by atoms with Crippen molar-refractivity contribution >= 4 is 35.0 Å². The number of halogens is 2. The molecule has 3 rings (SSSR count). The molecule has 2 aromatic carbocycles. The molecule has 1 aliphatic rings. The molecular formula is C26H32Cl2N2O3. The van der Waals surface area contributed by atoms with Crippen molar-refractivity contribution in [2.45, 2.75) is 71.5 Å². The Hall–Kier alpha value is -2.24. The van der Waals surface area contributed by atoms with Gasteiger partial charge in [-0.25, -0.2) is 0 Å². The molecule has 0 heterocycles. The van der Waals surface area contributed by atoms with Crippen LogP contribution in [-0.4, -0.2) is 35.4 Å². The number of ether oxygens (including phenoxy) is 1. The topological polar surface area (TPSA) is 58.6 Å². The zero-order valence-corrected chi connectivity index (χ0v) is 21.0. The van der Waals surface area contributed by atoms with Crippen LogP contribution < -0.4 is 10.1 Å². The third kappa shape index (κ3) is 7.12. The van der Waals surface area contributed by atoms with Crippen molar-refractivity contribution in [1.82, 2.24) is 10.2 Å². The van der Waals surface area contributed by atoms with Crippen LogP contribution >= 0.6 is 23.2 Å². The van der Waals surface area contributed by atoms with Crippen molar-refractivity contribution in [1.29, 1.82) is 0 Å². The summed E-state index contributed by atoms with van der Waals surface area (Å²) in [4.78, 5) is 28.1. The van der Waals surface area contributed by atoms with Gasteiger partial charge in [-0.05, 0) is 74.1 Å². The van der Waals surface area contributed by atoms with E-state index in [1.54, 1.807) is 17.0 Å².